The Kier molecular flexibility index (Phi) is 1.83. The summed E-state index contributed by atoms with van der Waals surface area (Å²) in [5.41, 5.74) is 1.52. The number of nitrogens with zero attached hydrogens (tertiary/aromatic N) is 1. The summed E-state index contributed by atoms with van der Waals surface area (Å²) in [7, 11) is 0. The first kappa shape index (κ1) is 7.71. The molecule has 0 unspecified atom stereocenters. The minimum Gasteiger partial charge on any atom is -0.364 e. The van der Waals surface area contributed by atoms with Crippen LogP contribution in [0.1, 0.15) is 36.3 Å². The zero-order chi connectivity index (χ0) is 8.55. The van der Waals surface area contributed by atoms with Gasteiger partial charge >= 0.3 is 0 Å². The Hall–Kier alpha value is -0.930. The van der Waals surface area contributed by atoms with Crippen molar-refractivity contribution in [3.63, 3.8) is 0 Å². The molecule has 64 valence electrons. The molecule has 1 saturated carbocycles. The van der Waals surface area contributed by atoms with Gasteiger partial charge in [0.25, 0.3) is 0 Å². The van der Waals surface area contributed by atoms with E-state index in [1.807, 2.05) is 0 Å². The molecule has 1 aliphatic rings. The van der Waals surface area contributed by atoms with Gasteiger partial charge in [0.1, 0.15) is 0 Å². The smallest absolute Gasteiger partial charge is 0.178 e. The summed E-state index contributed by atoms with van der Waals surface area (Å²) in [5, 5.41) is 17.8. The van der Waals surface area contributed by atoms with Gasteiger partial charge < -0.3 is 10.2 Å². The van der Waals surface area contributed by atoms with E-state index in [2.05, 4.69) is 4.98 Å². The van der Waals surface area contributed by atoms with Crippen LogP contribution in [-0.2, 0) is 0 Å². The van der Waals surface area contributed by atoms with Crippen LogP contribution in [0.15, 0.2) is 18.3 Å². The van der Waals surface area contributed by atoms with Gasteiger partial charge in [-0.3, -0.25) is 4.98 Å². The first-order valence-electron chi connectivity index (χ1n) is 4.09. The van der Waals surface area contributed by atoms with E-state index < -0.39 is 6.29 Å². The maximum atomic E-state index is 8.88. The average Bonchev–Trinajstić information content (AvgIpc) is 2.87. The van der Waals surface area contributed by atoms with E-state index in [1.165, 1.54) is 12.8 Å². The molecule has 1 aliphatic carbocycles. The number of rotatable bonds is 2. The molecule has 2 rings (SSSR count). The Morgan fingerprint density at radius 2 is 2.17 bits per heavy atom. The van der Waals surface area contributed by atoms with E-state index in [-0.39, 0.29) is 0 Å². The molecule has 1 aromatic rings. The van der Waals surface area contributed by atoms with Crippen LogP contribution in [0, 0.1) is 0 Å². The lowest BCUT2D eigenvalue weighted by Crippen LogP contribution is -1.97. The number of aliphatic hydroxyl groups excluding tert-OH is 1. The van der Waals surface area contributed by atoms with Gasteiger partial charge in [-0.05, 0) is 25.0 Å². The summed E-state index contributed by atoms with van der Waals surface area (Å²) >= 11 is 0. The summed E-state index contributed by atoms with van der Waals surface area (Å²) in [6.07, 6.45) is 2.61. The lowest BCUT2D eigenvalue weighted by molar-refractivity contribution is -0.0426. The molecular formula is C9H11NO2. The predicted octanol–water partition coefficient (Wildman–Crippen LogP) is 0.942. The summed E-state index contributed by atoms with van der Waals surface area (Å²) in [6, 6.07) is 3.39. The first-order valence-corrected chi connectivity index (χ1v) is 4.09. The summed E-state index contributed by atoms with van der Waals surface area (Å²) in [4.78, 5) is 4.16. The van der Waals surface area contributed by atoms with Crippen molar-refractivity contribution in [2.75, 3.05) is 0 Å². The number of hydrogen-bond acceptors (Lipinski definition) is 3. The molecule has 1 aromatic heterocycles. The van der Waals surface area contributed by atoms with E-state index in [4.69, 9.17) is 10.2 Å². The van der Waals surface area contributed by atoms with Crippen molar-refractivity contribution in [1.29, 1.82) is 0 Å². The molecule has 0 aromatic carbocycles. The van der Waals surface area contributed by atoms with Crippen molar-refractivity contribution >= 4 is 0 Å². The van der Waals surface area contributed by atoms with Gasteiger partial charge in [-0.25, -0.2) is 0 Å². The van der Waals surface area contributed by atoms with Crippen LogP contribution in [0.2, 0.25) is 0 Å². The first-order chi connectivity index (χ1) is 5.77. The van der Waals surface area contributed by atoms with Gasteiger partial charge in [0, 0.05) is 23.4 Å². The molecule has 1 heterocycles. The molecular weight excluding hydrogens is 154 g/mol. The maximum Gasteiger partial charge on any atom is 0.178 e. The van der Waals surface area contributed by atoms with Crippen molar-refractivity contribution in [1.82, 2.24) is 4.98 Å². The third-order valence-corrected chi connectivity index (χ3v) is 2.10. The topological polar surface area (TPSA) is 53.4 Å². The number of hydrogen-bond donors (Lipinski definition) is 2. The molecule has 12 heavy (non-hydrogen) atoms. The van der Waals surface area contributed by atoms with Crippen molar-refractivity contribution in [3.05, 3.63) is 29.6 Å². The number of aromatic nitrogens is 1. The van der Waals surface area contributed by atoms with E-state index in [0.717, 1.165) is 5.69 Å². The van der Waals surface area contributed by atoms with E-state index in [1.54, 1.807) is 18.3 Å². The lowest BCUT2D eigenvalue weighted by Gasteiger charge is -2.04. The van der Waals surface area contributed by atoms with Gasteiger partial charge in [-0.15, -0.1) is 0 Å². The maximum absolute atomic E-state index is 8.88. The highest BCUT2D eigenvalue weighted by molar-refractivity contribution is 5.22. The van der Waals surface area contributed by atoms with E-state index >= 15 is 0 Å². The van der Waals surface area contributed by atoms with Crippen LogP contribution >= 0.6 is 0 Å². The second-order valence-electron chi connectivity index (χ2n) is 3.16. The summed E-state index contributed by atoms with van der Waals surface area (Å²) < 4.78 is 0. The fourth-order valence-electron chi connectivity index (χ4n) is 1.23. The molecule has 0 saturated heterocycles. The third-order valence-electron chi connectivity index (χ3n) is 2.10. The molecule has 0 aliphatic heterocycles. The highest BCUT2D eigenvalue weighted by Crippen LogP contribution is 2.39. The Morgan fingerprint density at radius 1 is 1.42 bits per heavy atom. The summed E-state index contributed by atoms with van der Waals surface area (Å²) in [6.45, 7) is 0. The van der Waals surface area contributed by atoms with Crippen molar-refractivity contribution in [2.45, 2.75) is 25.0 Å². The molecule has 0 bridgehead atoms. The van der Waals surface area contributed by atoms with Gasteiger partial charge in [0.15, 0.2) is 6.29 Å². The van der Waals surface area contributed by atoms with Crippen LogP contribution < -0.4 is 0 Å². The molecule has 3 heteroatoms. The second-order valence-corrected chi connectivity index (χ2v) is 3.16. The Morgan fingerprint density at radius 3 is 2.75 bits per heavy atom. The van der Waals surface area contributed by atoms with Crippen molar-refractivity contribution < 1.29 is 10.2 Å². The minimum atomic E-state index is -1.37. The van der Waals surface area contributed by atoms with Crippen LogP contribution in [0.25, 0.3) is 0 Å². The molecule has 0 amide bonds. The van der Waals surface area contributed by atoms with Crippen LogP contribution in [0.5, 0.6) is 0 Å². The van der Waals surface area contributed by atoms with Crippen molar-refractivity contribution in [2.24, 2.45) is 0 Å². The highest BCUT2D eigenvalue weighted by atomic mass is 16.5. The SMILES string of the molecule is OC(O)c1ccnc(C2CC2)c1. The van der Waals surface area contributed by atoms with Gasteiger partial charge in [0.2, 0.25) is 0 Å². The quantitative estimate of drug-likeness (QED) is 0.641. The zero-order valence-corrected chi connectivity index (χ0v) is 6.64. The van der Waals surface area contributed by atoms with Crippen molar-refractivity contribution in [3.8, 4) is 0 Å². The van der Waals surface area contributed by atoms with Crippen LogP contribution in [0.3, 0.4) is 0 Å². The summed E-state index contributed by atoms with van der Waals surface area (Å²) in [5.74, 6) is 0.559. The molecule has 0 spiro atoms. The van der Waals surface area contributed by atoms with E-state index in [9.17, 15) is 0 Å². The lowest BCUT2D eigenvalue weighted by atomic mass is 10.2. The fourth-order valence-corrected chi connectivity index (χ4v) is 1.23. The Bertz CT molecular complexity index is 264. The Balaban J connectivity index is 2.26. The predicted molar refractivity (Wildman–Crippen MR) is 43.4 cm³/mol. The number of aliphatic hydroxyl groups is 2. The van der Waals surface area contributed by atoms with Crippen LogP contribution in [-0.4, -0.2) is 15.2 Å². The standard InChI is InChI=1S/C9H11NO2/c11-9(12)7-3-4-10-8(5-7)6-1-2-6/h3-6,9,11-12H,1-2H2. The minimum absolute atomic E-state index is 0.534. The molecule has 3 nitrogen and oxygen atoms in total. The van der Waals surface area contributed by atoms with Gasteiger partial charge in [0.05, 0.1) is 0 Å². The largest absolute Gasteiger partial charge is 0.364 e. The van der Waals surface area contributed by atoms with Gasteiger partial charge in [-0.2, -0.15) is 0 Å². The number of pyridine rings is 1. The van der Waals surface area contributed by atoms with E-state index in [0.29, 0.717) is 11.5 Å². The average molecular weight is 165 g/mol. The normalized spacial score (nSPS) is 16.9. The van der Waals surface area contributed by atoms with Crippen LogP contribution in [0.4, 0.5) is 0 Å². The monoisotopic (exact) mass is 165 g/mol. The molecule has 0 atom stereocenters. The second kappa shape index (κ2) is 2.84. The third kappa shape index (κ3) is 1.47. The molecule has 1 fully saturated rings. The highest BCUT2D eigenvalue weighted by Gasteiger charge is 2.25. The van der Waals surface area contributed by atoms with Gasteiger partial charge in [-0.1, -0.05) is 0 Å². The molecule has 2 N–H and O–H groups in total. The molecule has 0 radical (unpaired) electrons. The Labute approximate surface area is 70.7 Å². The fraction of sp³-hybridized carbons (Fsp3) is 0.444. The zero-order valence-electron chi connectivity index (χ0n) is 6.64.